The minimum atomic E-state index is -2.26. The molecule has 246 valence electrons. The Balaban J connectivity index is 1.70. The van der Waals surface area contributed by atoms with E-state index in [1.54, 1.807) is 27.9 Å². The molecule has 0 saturated carbocycles. The first kappa shape index (κ1) is 37.8. The fraction of sp³-hybridized carbons (Fsp3) is 0.789. The predicted molar refractivity (Wildman–Crippen MR) is 205 cm³/mol. The van der Waals surface area contributed by atoms with Crippen LogP contribution in [-0.2, 0) is 13.1 Å². The van der Waals surface area contributed by atoms with E-state index in [9.17, 15) is 0 Å². The quantitative estimate of drug-likeness (QED) is 0.0629. The van der Waals surface area contributed by atoms with Gasteiger partial charge in [0.05, 0.1) is 0 Å². The van der Waals surface area contributed by atoms with E-state index < -0.39 is 36.8 Å². The molecule has 3 heterocycles. The van der Waals surface area contributed by atoms with E-state index >= 15 is 0 Å². The molecule has 3 aromatic rings. The van der Waals surface area contributed by atoms with Gasteiger partial charge in [-0.05, 0) is 0 Å². The number of unbranched alkanes of at least 4 members (excludes halogenated alkanes) is 18. The second-order valence-electron chi connectivity index (χ2n) is 15.8. The molecule has 43 heavy (non-hydrogen) atoms. The summed E-state index contributed by atoms with van der Waals surface area (Å²) in [6.07, 6.45) is 28.3. The average Bonchev–Trinajstić information content (AvgIpc) is 3.59. The van der Waals surface area contributed by atoms with E-state index in [1.807, 2.05) is 0 Å². The van der Waals surface area contributed by atoms with Gasteiger partial charge in [0.15, 0.2) is 0 Å². The zero-order valence-electron chi connectivity index (χ0n) is 30.0. The molecule has 0 N–H and O–H groups in total. The standard InChI is InChI=1S/C32H52N2S.6CH3.2Sn/c1-3-5-7-9-11-13-15-17-19-21-25-33-27-23-29-31(33)32-30(35-29)24-28-34(32)26-22-20-18-16-14-12-10-8-6-4-2;;;;;;;;/h23-24H,3-22,25-26H2,1-2H3;6*1H3;;. The topological polar surface area (TPSA) is 9.86 Å². The van der Waals surface area contributed by atoms with Gasteiger partial charge in [-0.1, -0.05) is 26.7 Å². The van der Waals surface area contributed by atoms with E-state index in [1.165, 1.54) is 142 Å². The number of thiophene rings is 1. The van der Waals surface area contributed by atoms with Crippen LogP contribution >= 0.6 is 11.3 Å². The van der Waals surface area contributed by atoms with Crippen LogP contribution in [0.25, 0.3) is 20.4 Å². The van der Waals surface area contributed by atoms with E-state index in [0.717, 1.165) is 0 Å². The average molecular weight is 824 g/mol. The van der Waals surface area contributed by atoms with Crippen molar-refractivity contribution < 1.29 is 0 Å². The van der Waals surface area contributed by atoms with Gasteiger partial charge in [0.1, 0.15) is 0 Å². The molecular weight excluding hydrogens is 754 g/mol. The molecule has 0 aliphatic carbocycles. The summed E-state index contributed by atoms with van der Waals surface area (Å²) in [6, 6.07) is 5.30. The van der Waals surface area contributed by atoms with Crippen molar-refractivity contribution in [3.63, 3.8) is 0 Å². The summed E-state index contributed by atoms with van der Waals surface area (Å²) in [5.41, 5.74) is 3.23. The van der Waals surface area contributed by atoms with Crippen molar-refractivity contribution in [1.82, 2.24) is 9.13 Å². The summed E-state index contributed by atoms with van der Waals surface area (Å²) in [7, 11) is 0. The number of hydrogen-bond acceptors (Lipinski definition) is 1. The Morgan fingerprint density at radius 2 is 0.721 bits per heavy atom. The first-order chi connectivity index (χ1) is 20.6. The Labute approximate surface area is 279 Å². The maximum absolute atomic E-state index is 2.87. The Morgan fingerprint density at radius 3 is 1.00 bits per heavy atom. The van der Waals surface area contributed by atoms with Crippen LogP contribution < -0.4 is 7.42 Å². The number of rotatable bonds is 24. The molecule has 0 bridgehead atoms. The molecule has 0 radical (unpaired) electrons. The summed E-state index contributed by atoms with van der Waals surface area (Å²) in [4.78, 5) is 15.7. The van der Waals surface area contributed by atoms with Crippen LogP contribution in [0.3, 0.4) is 0 Å². The monoisotopic (exact) mass is 826 g/mol. The molecule has 0 aromatic carbocycles. The van der Waals surface area contributed by atoms with Crippen molar-refractivity contribution in [2.24, 2.45) is 0 Å². The number of fused-ring (bicyclic) bond motifs is 3. The third-order valence-electron chi connectivity index (χ3n) is 9.58. The molecule has 0 unspecified atom stereocenters. The van der Waals surface area contributed by atoms with Crippen molar-refractivity contribution in [2.45, 2.75) is 185 Å². The number of aryl methyl sites for hydroxylation is 2. The first-order valence-corrected chi connectivity index (χ1v) is 39.5. The number of nitrogens with zero attached hydrogens (tertiary/aromatic N) is 2. The van der Waals surface area contributed by atoms with Gasteiger partial charge in [0, 0.05) is 0 Å². The zero-order valence-corrected chi connectivity index (χ0v) is 36.5. The molecule has 0 atom stereocenters. The minimum absolute atomic E-state index is 1.23. The summed E-state index contributed by atoms with van der Waals surface area (Å²) in [5.74, 6) is 0. The van der Waals surface area contributed by atoms with Crippen molar-refractivity contribution in [1.29, 1.82) is 0 Å². The van der Waals surface area contributed by atoms with Crippen LogP contribution in [-0.4, -0.2) is 45.9 Å². The maximum atomic E-state index is 2.87. The molecule has 0 amide bonds. The van der Waals surface area contributed by atoms with Gasteiger partial charge < -0.3 is 0 Å². The Kier molecular flexibility index (Phi) is 16.9. The van der Waals surface area contributed by atoms with Gasteiger partial charge in [0.2, 0.25) is 0 Å². The molecule has 2 nitrogen and oxygen atoms in total. The fourth-order valence-corrected chi connectivity index (χ4v) is 18.0. The van der Waals surface area contributed by atoms with Crippen LogP contribution in [0.4, 0.5) is 0 Å². The molecule has 3 rings (SSSR count). The molecular formula is C38H70N2SSn2. The van der Waals surface area contributed by atoms with E-state index in [2.05, 4.69) is 76.1 Å². The number of aromatic nitrogens is 2. The van der Waals surface area contributed by atoms with Gasteiger partial charge in [-0.3, -0.25) is 0 Å². The third kappa shape index (κ3) is 11.8. The molecule has 0 fully saturated rings. The Morgan fingerprint density at radius 1 is 0.442 bits per heavy atom. The van der Waals surface area contributed by atoms with Crippen LogP contribution in [0.2, 0.25) is 29.6 Å². The molecule has 0 spiro atoms. The van der Waals surface area contributed by atoms with Gasteiger partial charge >= 0.3 is 256 Å². The Hall–Kier alpha value is 0.377. The SMILES string of the molecule is CCCCCCCCCCCCn1[c]([Sn]([CH3])([CH3])[CH3])cc2sc3c[c]([Sn]([CH3])([CH3])[CH3])n(CCCCCCCCCCCC)c3c21. The number of hydrogen-bond donors (Lipinski definition) is 0. The Bertz CT molecular complexity index is 1100. The van der Waals surface area contributed by atoms with Gasteiger partial charge in [-0.25, -0.2) is 0 Å². The molecule has 3 aromatic heterocycles. The van der Waals surface area contributed by atoms with Crippen LogP contribution in [0.15, 0.2) is 12.1 Å². The second kappa shape index (κ2) is 19.3. The van der Waals surface area contributed by atoms with E-state index in [-0.39, 0.29) is 0 Å². The third-order valence-corrected chi connectivity index (χ3v) is 21.8. The van der Waals surface area contributed by atoms with Crippen molar-refractivity contribution in [3.8, 4) is 0 Å². The fourth-order valence-electron chi connectivity index (χ4n) is 7.03. The van der Waals surface area contributed by atoms with Crippen LogP contribution in [0.1, 0.15) is 142 Å². The van der Waals surface area contributed by atoms with Crippen molar-refractivity contribution in [2.75, 3.05) is 0 Å². The van der Waals surface area contributed by atoms with Gasteiger partial charge in [-0.15, -0.1) is 0 Å². The molecule has 0 saturated heterocycles. The summed E-state index contributed by atoms with van der Waals surface area (Å²) < 4.78 is 12.4. The summed E-state index contributed by atoms with van der Waals surface area (Å²) in [5, 5.41) is 0. The molecule has 0 aliphatic heterocycles. The van der Waals surface area contributed by atoms with Crippen LogP contribution in [0.5, 0.6) is 0 Å². The van der Waals surface area contributed by atoms with E-state index in [4.69, 9.17) is 0 Å². The predicted octanol–water partition coefficient (Wildman–Crippen LogP) is 12.6. The molecule has 0 aliphatic rings. The van der Waals surface area contributed by atoms with E-state index in [0.29, 0.717) is 0 Å². The normalized spacial score (nSPS) is 12.8. The van der Waals surface area contributed by atoms with Crippen LogP contribution in [0, 0.1) is 0 Å². The van der Waals surface area contributed by atoms with Gasteiger partial charge in [-0.2, -0.15) is 0 Å². The second-order valence-corrected chi connectivity index (χ2v) is 45.4. The summed E-state index contributed by atoms with van der Waals surface area (Å²) >= 11 is -2.42. The zero-order chi connectivity index (χ0) is 31.3. The van der Waals surface area contributed by atoms with Crippen molar-refractivity contribution in [3.05, 3.63) is 12.1 Å². The molecule has 5 heteroatoms. The van der Waals surface area contributed by atoms with Crippen molar-refractivity contribution >= 4 is 75.9 Å². The van der Waals surface area contributed by atoms with Gasteiger partial charge in [0.25, 0.3) is 0 Å². The first-order valence-electron chi connectivity index (χ1n) is 18.8. The summed E-state index contributed by atoms with van der Waals surface area (Å²) in [6.45, 7) is 7.09.